The van der Waals surface area contributed by atoms with Crippen LogP contribution in [-0.2, 0) is 13.0 Å². The van der Waals surface area contributed by atoms with Gasteiger partial charge in [0.1, 0.15) is 6.61 Å². The van der Waals surface area contributed by atoms with Gasteiger partial charge in [-0.05, 0) is 59.5 Å². The van der Waals surface area contributed by atoms with Crippen LogP contribution in [0.2, 0.25) is 10.0 Å². The molecular weight excluding hydrogens is 435 g/mol. The first kappa shape index (κ1) is 21.2. The molecule has 0 spiro atoms. The number of nitrogens with zero attached hydrogens (tertiary/aromatic N) is 2. The van der Waals surface area contributed by atoms with Crippen LogP contribution in [-0.4, -0.2) is 27.0 Å². The molecule has 31 heavy (non-hydrogen) atoms. The van der Waals surface area contributed by atoms with Crippen molar-refractivity contribution in [3.63, 3.8) is 0 Å². The highest BCUT2D eigenvalue weighted by molar-refractivity contribution is 6.35. The first-order valence-corrected chi connectivity index (χ1v) is 10.4. The molecule has 0 aliphatic heterocycles. The Kier molecular flexibility index (Phi) is 6.18. The maximum atomic E-state index is 12.9. The van der Waals surface area contributed by atoms with Crippen LogP contribution in [0.5, 0.6) is 0 Å². The molecule has 0 aliphatic rings. The van der Waals surface area contributed by atoms with E-state index in [9.17, 15) is 9.59 Å². The number of ketones is 1. The van der Waals surface area contributed by atoms with Crippen molar-refractivity contribution >= 4 is 39.9 Å². The first-order chi connectivity index (χ1) is 14.9. The number of fused-ring (bicyclic) bond motifs is 1. The number of aryl methyl sites for hydroxylation is 2. The standard InChI is InChI=1S/C24H18Cl2N2O3/c25-19-9-18(10-20(26)12-19)16-3-1-2-15(8-16)6-7-28-14-27-22-5-4-17(23(30)13-29)11-21(22)24(28)31/h1-5,8-12,14,29H,6-7,13H2. The number of carbonyl (C=O) groups is 1. The molecule has 0 saturated heterocycles. The van der Waals surface area contributed by atoms with Crippen LogP contribution in [0.1, 0.15) is 15.9 Å². The maximum Gasteiger partial charge on any atom is 0.261 e. The van der Waals surface area contributed by atoms with Crippen molar-refractivity contribution in [2.75, 3.05) is 6.61 Å². The second-order valence-corrected chi connectivity index (χ2v) is 8.04. The predicted molar refractivity (Wildman–Crippen MR) is 123 cm³/mol. The Balaban J connectivity index is 1.60. The molecular formula is C24H18Cl2N2O3. The van der Waals surface area contributed by atoms with Crippen LogP contribution < -0.4 is 5.56 Å². The van der Waals surface area contributed by atoms with Crippen LogP contribution in [0.25, 0.3) is 22.0 Å². The second-order valence-electron chi connectivity index (χ2n) is 7.16. The number of hydrogen-bond acceptors (Lipinski definition) is 4. The first-order valence-electron chi connectivity index (χ1n) is 9.63. The monoisotopic (exact) mass is 452 g/mol. The third kappa shape index (κ3) is 4.69. The summed E-state index contributed by atoms with van der Waals surface area (Å²) in [6, 6.07) is 18.0. The number of aliphatic hydroxyl groups is 1. The zero-order chi connectivity index (χ0) is 22.0. The van der Waals surface area contributed by atoms with E-state index in [-0.39, 0.29) is 5.56 Å². The van der Waals surface area contributed by atoms with Crippen LogP contribution in [0, 0.1) is 0 Å². The Morgan fingerprint density at radius 1 is 0.968 bits per heavy atom. The summed E-state index contributed by atoms with van der Waals surface area (Å²) in [5.74, 6) is -0.436. The predicted octanol–water partition coefficient (Wildman–Crippen LogP) is 4.79. The Morgan fingerprint density at radius 2 is 1.74 bits per heavy atom. The zero-order valence-electron chi connectivity index (χ0n) is 16.4. The fourth-order valence-corrected chi connectivity index (χ4v) is 3.99. The molecule has 3 aromatic carbocycles. The molecule has 0 atom stereocenters. The van der Waals surface area contributed by atoms with Gasteiger partial charge in [0.25, 0.3) is 5.56 Å². The van der Waals surface area contributed by atoms with Gasteiger partial charge in [0.2, 0.25) is 0 Å². The summed E-state index contributed by atoms with van der Waals surface area (Å²) < 4.78 is 1.53. The third-order valence-corrected chi connectivity index (χ3v) is 5.49. The smallest absolute Gasteiger partial charge is 0.261 e. The van der Waals surface area contributed by atoms with Crippen molar-refractivity contribution < 1.29 is 9.90 Å². The van der Waals surface area contributed by atoms with Gasteiger partial charge in [-0.15, -0.1) is 0 Å². The van der Waals surface area contributed by atoms with Crippen LogP contribution in [0.4, 0.5) is 0 Å². The van der Waals surface area contributed by atoms with Gasteiger partial charge >= 0.3 is 0 Å². The molecule has 0 radical (unpaired) electrons. The summed E-state index contributed by atoms with van der Waals surface area (Å²) >= 11 is 12.2. The number of rotatable bonds is 6. The van der Waals surface area contributed by atoms with E-state index in [2.05, 4.69) is 4.98 Å². The highest BCUT2D eigenvalue weighted by Gasteiger charge is 2.10. The topological polar surface area (TPSA) is 72.2 Å². The molecule has 0 aliphatic carbocycles. The molecule has 1 aromatic heterocycles. The number of benzene rings is 3. The zero-order valence-corrected chi connectivity index (χ0v) is 17.9. The lowest BCUT2D eigenvalue weighted by Crippen LogP contribution is -2.22. The number of aromatic nitrogens is 2. The number of carbonyl (C=O) groups excluding carboxylic acids is 1. The average Bonchev–Trinajstić information content (AvgIpc) is 2.77. The number of halogens is 2. The lowest BCUT2D eigenvalue weighted by atomic mass is 10.0. The largest absolute Gasteiger partial charge is 0.388 e. The van der Waals surface area contributed by atoms with Crippen molar-refractivity contribution in [3.8, 4) is 11.1 Å². The summed E-state index contributed by atoms with van der Waals surface area (Å²) in [6.07, 6.45) is 2.13. The van der Waals surface area contributed by atoms with Crippen LogP contribution in [0.15, 0.2) is 71.8 Å². The minimum Gasteiger partial charge on any atom is -0.388 e. The quantitative estimate of drug-likeness (QED) is 0.427. The molecule has 0 bridgehead atoms. The van der Waals surface area contributed by atoms with E-state index in [1.165, 1.54) is 17.0 Å². The van der Waals surface area contributed by atoms with Crippen molar-refractivity contribution in [2.45, 2.75) is 13.0 Å². The minimum absolute atomic E-state index is 0.227. The summed E-state index contributed by atoms with van der Waals surface area (Å²) in [5.41, 5.74) is 3.53. The Morgan fingerprint density at radius 3 is 2.48 bits per heavy atom. The van der Waals surface area contributed by atoms with Crippen molar-refractivity contribution in [3.05, 3.63) is 98.5 Å². The van der Waals surface area contributed by atoms with Crippen molar-refractivity contribution in [1.82, 2.24) is 9.55 Å². The molecule has 4 aromatic rings. The fraction of sp³-hybridized carbons (Fsp3) is 0.125. The summed E-state index contributed by atoms with van der Waals surface area (Å²) in [6.45, 7) is -0.173. The third-order valence-electron chi connectivity index (χ3n) is 5.05. The molecule has 0 amide bonds. The lowest BCUT2D eigenvalue weighted by molar-refractivity contribution is 0.0904. The van der Waals surface area contributed by atoms with Gasteiger partial charge in [-0.25, -0.2) is 4.98 Å². The maximum absolute atomic E-state index is 12.9. The van der Waals surface area contributed by atoms with Gasteiger partial charge in [-0.1, -0.05) is 47.5 Å². The summed E-state index contributed by atoms with van der Waals surface area (Å²) in [4.78, 5) is 29.0. The molecule has 0 unspecified atom stereocenters. The van der Waals surface area contributed by atoms with E-state index in [1.54, 1.807) is 18.2 Å². The van der Waals surface area contributed by atoms with Gasteiger partial charge in [0.15, 0.2) is 5.78 Å². The van der Waals surface area contributed by atoms with Crippen molar-refractivity contribution in [2.24, 2.45) is 0 Å². The van der Waals surface area contributed by atoms with E-state index in [0.717, 1.165) is 16.7 Å². The Hall–Kier alpha value is -2.99. The van der Waals surface area contributed by atoms with Crippen LogP contribution >= 0.6 is 23.2 Å². The normalized spacial score (nSPS) is 11.1. The highest BCUT2D eigenvalue weighted by atomic mass is 35.5. The summed E-state index contributed by atoms with van der Waals surface area (Å²) in [5, 5.41) is 10.6. The van der Waals surface area contributed by atoms with E-state index in [4.69, 9.17) is 28.3 Å². The van der Waals surface area contributed by atoms with Crippen molar-refractivity contribution in [1.29, 1.82) is 0 Å². The SMILES string of the molecule is O=C(CO)c1ccc2ncn(CCc3cccc(-c4cc(Cl)cc(Cl)c4)c3)c(=O)c2c1. The van der Waals surface area contributed by atoms with Gasteiger partial charge in [-0.3, -0.25) is 14.2 Å². The molecule has 1 heterocycles. The average molecular weight is 453 g/mol. The molecule has 7 heteroatoms. The molecule has 156 valence electrons. The van der Waals surface area contributed by atoms with Gasteiger partial charge in [0, 0.05) is 22.2 Å². The van der Waals surface area contributed by atoms with Crippen LogP contribution in [0.3, 0.4) is 0 Å². The number of Topliss-reactive ketones (excluding diaryl/α,β-unsaturated/α-hetero) is 1. The molecule has 4 rings (SSSR count). The highest BCUT2D eigenvalue weighted by Crippen LogP contribution is 2.28. The van der Waals surface area contributed by atoms with Gasteiger partial charge in [-0.2, -0.15) is 0 Å². The molecule has 5 nitrogen and oxygen atoms in total. The molecule has 0 saturated carbocycles. The molecule has 0 fully saturated rings. The van der Waals surface area contributed by atoms with E-state index in [0.29, 0.717) is 39.5 Å². The summed E-state index contributed by atoms with van der Waals surface area (Å²) in [7, 11) is 0. The Bertz CT molecular complexity index is 1330. The minimum atomic E-state index is -0.603. The number of aliphatic hydroxyl groups excluding tert-OH is 1. The van der Waals surface area contributed by atoms with E-state index in [1.807, 2.05) is 36.4 Å². The fourth-order valence-electron chi connectivity index (χ4n) is 3.46. The lowest BCUT2D eigenvalue weighted by Gasteiger charge is -2.09. The van der Waals surface area contributed by atoms with Gasteiger partial charge < -0.3 is 5.11 Å². The number of hydrogen-bond donors (Lipinski definition) is 1. The van der Waals surface area contributed by atoms with E-state index < -0.39 is 12.4 Å². The second kappa shape index (κ2) is 9.02. The van der Waals surface area contributed by atoms with Gasteiger partial charge in [0.05, 0.1) is 17.2 Å². The Labute approximate surface area is 188 Å². The molecule has 1 N–H and O–H groups in total. The van der Waals surface area contributed by atoms with E-state index >= 15 is 0 Å².